The highest BCUT2D eigenvalue weighted by atomic mass is 127. The lowest BCUT2D eigenvalue weighted by Crippen LogP contribution is -2.10. The van der Waals surface area contributed by atoms with Crippen LogP contribution in [0.2, 0.25) is 5.02 Å². The molecule has 1 N–H and O–H groups in total. The van der Waals surface area contributed by atoms with Crippen LogP contribution in [0.15, 0.2) is 40.9 Å². The molecule has 0 saturated heterocycles. The van der Waals surface area contributed by atoms with E-state index in [0.29, 0.717) is 31.9 Å². The Kier molecular flexibility index (Phi) is 6.66. The number of carboxylic acids is 1. The minimum atomic E-state index is -1.08. The van der Waals surface area contributed by atoms with Crippen molar-refractivity contribution in [2.75, 3.05) is 6.61 Å². The van der Waals surface area contributed by atoms with Crippen LogP contribution in [0.25, 0.3) is 11.6 Å². The lowest BCUT2D eigenvalue weighted by Gasteiger charge is -2.11. The summed E-state index contributed by atoms with van der Waals surface area (Å²) in [6.45, 7) is -0.478. The number of aliphatic carboxylic acids is 1. The molecule has 0 unspecified atom stereocenters. The molecule has 24 heavy (non-hydrogen) atoms. The fourth-order valence-electron chi connectivity index (χ4n) is 1.98. The lowest BCUT2D eigenvalue weighted by atomic mass is 10.0. The van der Waals surface area contributed by atoms with E-state index >= 15 is 0 Å². The molecule has 0 aliphatic heterocycles. The molecule has 0 aromatic heterocycles. The molecule has 0 aliphatic carbocycles. The van der Waals surface area contributed by atoms with Crippen molar-refractivity contribution in [2.24, 2.45) is 0 Å². The van der Waals surface area contributed by atoms with Gasteiger partial charge >= 0.3 is 5.97 Å². The molecule has 0 aliphatic rings. The Morgan fingerprint density at radius 1 is 1.42 bits per heavy atom. The third kappa shape index (κ3) is 4.72. The number of carbonyl (C=O) groups is 1. The number of nitriles is 1. The predicted octanol–water partition coefficient (Wildman–Crippen LogP) is 5.23. The van der Waals surface area contributed by atoms with Crippen LogP contribution in [0, 0.1) is 14.9 Å². The number of halogens is 3. The standard InChI is InChI=1S/C17H10BrClINO3/c18-14-7-12(20)6-10(17(14)24-9-16(22)23)5-11(8-21)13-3-1-2-4-15(13)19/h1-7H,9H2,(H,22,23). The number of allylic oxidation sites excluding steroid dienone is 1. The second-order valence-corrected chi connectivity index (χ2v) is 7.15. The van der Waals surface area contributed by atoms with Crippen molar-refractivity contribution in [1.29, 1.82) is 5.26 Å². The molecule has 0 saturated carbocycles. The number of benzene rings is 2. The maximum Gasteiger partial charge on any atom is 0.341 e. The van der Waals surface area contributed by atoms with Gasteiger partial charge in [0, 0.05) is 19.7 Å². The second-order valence-electron chi connectivity index (χ2n) is 4.64. The summed E-state index contributed by atoms with van der Waals surface area (Å²) in [5, 5.41) is 18.8. The van der Waals surface area contributed by atoms with Gasteiger partial charge in [-0.15, -0.1) is 0 Å². The van der Waals surface area contributed by atoms with Gasteiger partial charge in [0.15, 0.2) is 6.61 Å². The van der Waals surface area contributed by atoms with E-state index in [0.717, 1.165) is 3.57 Å². The minimum absolute atomic E-state index is 0.356. The summed E-state index contributed by atoms with van der Waals surface area (Å²) in [5.74, 6) is -0.723. The molecule has 2 aromatic rings. The maximum absolute atomic E-state index is 10.8. The largest absolute Gasteiger partial charge is 0.480 e. The number of rotatable bonds is 5. The average molecular weight is 519 g/mol. The van der Waals surface area contributed by atoms with E-state index in [-0.39, 0.29) is 0 Å². The van der Waals surface area contributed by atoms with E-state index < -0.39 is 12.6 Å². The van der Waals surface area contributed by atoms with Crippen molar-refractivity contribution in [3.05, 3.63) is 60.6 Å². The van der Waals surface area contributed by atoms with Crippen LogP contribution >= 0.6 is 50.1 Å². The molecule has 2 rings (SSSR count). The predicted molar refractivity (Wildman–Crippen MR) is 105 cm³/mol. The van der Waals surface area contributed by atoms with Gasteiger partial charge in [-0.25, -0.2) is 4.79 Å². The summed E-state index contributed by atoms with van der Waals surface area (Å²) in [6.07, 6.45) is 1.63. The Balaban J connectivity index is 2.56. The summed E-state index contributed by atoms with van der Waals surface area (Å²) in [7, 11) is 0. The molecular formula is C17H10BrClINO3. The van der Waals surface area contributed by atoms with Crippen LogP contribution in [-0.4, -0.2) is 17.7 Å². The molecule has 0 heterocycles. The van der Waals surface area contributed by atoms with Crippen LogP contribution < -0.4 is 4.74 Å². The van der Waals surface area contributed by atoms with Crippen LogP contribution in [0.1, 0.15) is 11.1 Å². The van der Waals surface area contributed by atoms with Gasteiger partial charge in [0.1, 0.15) is 5.75 Å². The van der Waals surface area contributed by atoms with Crippen molar-refractivity contribution in [2.45, 2.75) is 0 Å². The van der Waals surface area contributed by atoms with Gasteiger partial charge in [0.05, 0.1) is 16.1 Å². The average Bonchev–Trinajstić information content (AvgIpc) is 2.52. The molecule has 0 bridgehead atoms. The van der Waals surface area contributed by atoms with Crippen molar-refractivity contribution in [1.82, 2.24) is 0 Å². The Hall–Kier alpha value is -1.56. The van der Waals surface area contributed by atoms with Crippen molar-refractivity contribution in [3.8, 4) is 11.8 Å². The first-order chi connectivity index (χ1) is 11.4. The molecule has 0 amide bonds. The quantitative estimate of drug-likeness (QED) is 0.334. The van der Waals surface area contributed by atoms with E-state index in [1.807, 2.05) is 0 Å². The molecule has 2 aromatic carbocycles. The van der Waals surface area contributed by atoms with Crippen LogP contribution in [-0.2, 0) is 4.79 Å². The maximum atomic E-state index is 10.8. The van der Waals surface area contributed by atoms with Crippen molar-refractivity contribution < 1.29 is 14.6 Å². The first-order valence-corrected chi connectivity index (χ1v) is 8.87. The summed E-state index contributed by atoms with van der Waals surface area (Å²) in [6, 6.07) is 12.8. The van der Waals surface area contributed by atoms with Gasteiger partial charge < -0.3 is 9.84 Å². The highest BCUT2D eigenvalue weighted by molar-refractivity contribution is 14.1. The third-order valence-corrected chi connectivity index (χ3v) is 4.50. The lowest BCUT2D eigenvalue weighted by molar-refractivity contribution is -0.139. The van der Waals surface area contributed by atoms with Gasteiger partial charge in [0.2, 0.25) is 0 Å². The van der Waals surface area contributed by atoms with E-state index in [9.17, 15) is 10.1 Å². The molecule has 122 valence electrons. The Morgan fingerprint density at radius 2 is 2.12 bits per heavy atom. The van der Waals surface area contributed by atoms with Gasteiger partial charge in [-0.05, 0) is 62.8 Å². The van der Waals surface area contributed by atoms with Crippen molar-refractivity contribution in [3.63, 3.8) is 0 Å². The summed E-state index contributed by atoms with van der Waals surface area (Å²) in [5.41, 5.74) is 1.54. The van der Waals surface area contributed by atoms with Crippen molar-refractivity contribution >= 4 is 67.7 Å². The molecule has 0 atom stereocenters. The zero-order chi connectivity index (χ0) is 17.7. The number of ether oxygens (including phenoxy) is 1. The summed E-state index contributed by atoms with van der Waals surface area (Å²) < 4.78 is 6.88. The first kappa shape index (κ1) is 18.8. The molecule has 0 fully saturated rings. The molecular weight excluding hydrogens is 508 g/mol. The SMILES string of the molecule is N#CC(=Cc1cc(I)cc(Br)c1OCC(=O)O)c1ccccc1Cl. The zero-order valence-electron chi connectivity index (χ0n) is 12.1. The summed E-state index contributed by atoms with van der Waals surface area (Å²) in [4.78, 5) is 10.8. The van der Waals surface area contributed by atoms with E-state index in [1.165, 1.54) is 0 Å². The topological polar surface area (TPSA) is 70.3 Å². The molecule has 4 nitrogen and oxygen atoms in total. The Labute approximate surface area is 166 Å². The normalized spacial score (nSPS) is 11.0. The van der Waals surface area contributed by atoms with E-state index in [1.54, 1.807) is 42.5 Å². The van der Waals surface area contributed by atoms with Gasteiger partial charge in [-0.3, -0.25) is 0 Å². The highest BCUT2D eigenvalue weighted by Gasteiger charge is 2.13. The zero-order valence-corrected chi connectivity index (χ0v) is 16.6. The Bertz CT molecular complexity index is 861. The number of carboxylic acid groups (broad SMARTS) is 1. The minimum Gasteiger partial charge on any atom is -0.480 e. The number of hydrogen-bond donors (Lipinski definition) is 1. The third-order valence-electron chi connectivity index (χ3n) is 2.96. The molecule has 0 spiro atoms. The van der Waals surface area contributed by atoms with Crippen LogP contribution in [0.4, 0.5) is 0 Å². The number of hydrogen-bond acceptors (Lipinski definition) is 3. The second kappa shape index (κ2) is 8.51. The van der Waals surface area contributed by atoms with Gasteiger partial charge in [0.25, 0.3) is 0 Å². The van der Waals surface area contributed by atoms with E-state index in [2.05, 4.69) is 44.6 Å². The Morgan fingerprint density at radius 3 is 2.75 bits per heavy atom. The van der Waals surface area contributed by atoms with Gasteiger partial charge in [-0.2, -0.15) is 5.26 Å². The highest BCUT2D eigenvalue weighted by Crippen LogP contribution is 2.35. The van der Waals surface area contributed by atoms with Crippen LogP contribution in [0.3, 0.4) is 0 Å². The first-order valence-electron chi connectivity index (χ1n) is 6.62. The fraction of sp³-hybridized carbons (Fsp3) is 0.0588. The van der Waals surface area contributed by atoms with E-state index in [4.69, 9.17) is 21.4 Å². The smallest absolute Gasteiger partial charge is 0.341 e. The molecule has 0 radical (unpaired) electrons. The summed E-state index contributed by atoms with van der Waals surface area (Å²) >= 11 is 11.7. The van der Waals surface area contributed by atoms with Crippen LogP contribution in [0.5, 0.6) is 5.75 Å². The monoisotopic (exact) mass is 517 g/mol. The number of nitrogens with zero attached hydrogens (tertiary/aromatic N) is 1. The van der Waals surface area contributed by atoms with Gasteiger partial charge in [-0.1, -0.05) is 29.8 Å². The fourth-order valence-corrected chi connectivity index (χ4v) is 3.88. The molecule has 7 heteroatoms.